The van der Waals surface area contributed by atoms with Crippen LogP contribution in [0.4, 0.5) is 0 Å². The third-order valence-corrected chi connectivity index (χ3v) is 8.93. The number of pyridine rings is 1. The number of furan rings is 1. The second kappa shape index (κ2) is 15.4. The second-order valence-electron chi connectivity index (χ2n) is 13.2. The molecule has 0 bridgehead atoms. The van der Waals surface area contributed by atoms with Gasteiger partial charge < -0.3 is 14.0 Å². The van der Waals surface area contributed by atoms with Crippen molar-refractivity contribution in [2.75, 3.05) is 0 Å². The predicted octanol–water partition coefficient (Wildman–Crippen LogP) is 12.3. The fourth-order valence-electron chi connectivity index (χ4n) is 6.45. The maximum atomic E-state index is 7.23. The van der Waals surface area contributed by atoms with Gasteiger partial charge in [-0.3, -0.25) is 4.98 Å². The van der Waals surface area contributed by atoms with Crippen LogP contribution in [-0.4, -0.2) is 14.5 Å². The molecule has 8 aromatic rings. The average Bonchev–Trinajstić information content (AvgIpc) is 3.76. The molecule has 4 nitrogen and oxygen atoms in total. The van der Waals surface area contributed by atoms with Gasteiger partial charge in [-0.25, -0.2) is 0 Å². The van der Waals surface area contributed by atoms with Crippen LogP contribution >= 0.6 is 0 Å². The van der Waals surface area contributed by atoms with E-state index in [4.69, 9.17) is 13.5 Å². The van der Waals surface area contributed by atoms with E-state index in [9.17, 15) is 0 Å². The Morgan fingerprint density at radius 2 is 1.47 bits per heavy atom. The maximum Gasteiger partial charge on any atom is 0.0774 e. The molecule has 0 aliphatic carbocycles. The molecule has 0 unspecified atom stereocenters. The van der Waals surface area contributed by atoms with Crippen LogP contribution in [0.2, 0.25) is 0 Å². The Kier molecular flexibility index (Phi) is 9.64. The molecule has 0 saturated carbocycles. The van der Waals surface area contributed by atoms with Crippen molar-refractivity contribution in [2.45, 2.75) is 53.3 Å². The van der Waals surface area contributed by atoms with E-state index < -0.39 is 6.85 Å². The summed E-state index contributed by atoms with van der Waals surface area (Å²) in [6.07, 6.45) is 4.62. The fraction of sp³-hybridized carbons (Fsp3) is 0.174. The average molecular weight is 847 g/mol. The van der Waals surface area contributed by atoms with Crippen LogP contribution in [0.25, 0.3) is 61.5 Å². The Balaban J connectivity index is 0.000000246. The summed E-state index contributed by atoms with van der Waals surface area (Å²) in [7, 11) is 0. The van der Waals surface area contributed by atoms with Gasteiger partial charge in [0.05, 0.1) is 16.9 Å². The molecule has 5 aromatic carbocycles. The molecule has 0 N–H and O–H groups in total. The first-order chi connectivity index (χ1) is 25.5. The molecule has 0 atom stereocenters. The molecule has 5 heteroatoms. The third kappa shape index (κ3) is 7.37. The van der Waals surface area contributed by atoms with Crippen molar-refractivity contribution in [3.05, 3.63) is 162 Å². The summed E-state index contributed by atoms with van der Waals surface area (Å²) < 4.78 is 30.0. The van der Waals surface area contributed by atoms with Crippen LogP contribution in [0.1, 0.15) is 65.9 Å². The molecule has 257 valence electrons. The quantitative estimate of drug-likeness (QED) is 0.157. The van der Waals surface area contributed by atoms with Crippen LogP contribution in [0.5, 0.6) is 0 Å². The summed E-state index contributed by atoms with van der Waals surface area (Å²) in [5, 5.41) is 1.02. The van der Waals surface area contributed by atoms with Crippen molar-refractivity contribution in [3.63, 3.8) is 0 Å². The monoisotopic (exact) mass is 847 g/mol. The Hall–Kier alpha value is -5.09. The number of aromatic nitrogens is 3. The Morgan fingerprint density at radius 3 is 2.14 bits per heavy atom. The van der Waals surface area contributed by atoms with Crippen molar-refractivity contribution in [1.82, 2.24) is 14.5 Å². The SMILES string of the molecule is Cc1cc(C(C)C)c(-n2c(-c3[c-]oc4ccc(-c5ccccc5)cc34)nc3ccccc32)c(C(C)C)c1.[2H]C([2H])([2H])c1ccc(-c2[c-]cccc2)nc1.[Ir]. The largest absolute Gasteiger partial charge is 0.557 e. The number of para-hydroxylation sites is 2. The van der Waals surface area contributed by atoms with Gasteiger partial charge in [0.25, 0.3) is 0 Å². The zero-order valence-corrected chi connectivity index (χ0v) is 31.8. The maximum absolute atomic E-state index is 7.23. The first-order valence-electron chi connectivity index (χ1n) is 18.6. The molecule has 8 rings (SSSR count). The minimum absolute atomic E-state index is 0. The minimum atomic E-state index is -2.09. The van der Waals surface area contributed by atoms with E-state index in [-0.39, 0.29) is 25.7 Å². The van der Waals surface area contributed by atoms with Gasteiger partial charge >= 0.3 is 0 Å². The van der Waals surface area contributed by atoms with E-state index >= 15 is 0 Å². The van der Waals surface area contributed by atoms with Crippen molar-refractivity contribution < 1.29 is 28.6 Å². The molecular weight excluding hydrogens is 803 g/mol. The van der Waals surface area contributed by atoms with Crippen LogP contribution in [-0.2, 0) is 20.1 Å². The number of hydrogen-bond donors (Lipinski definition) is 0. The zero-order valence-electron chi connectivity index (χ0n) is 32.4. The van der Waals surface area contributed by atoms with E-state index in [1.807, 2.05) is 30.3 Å². The molecule has 1 radical (unpaired) electrons. The number of fused-ring (bicyclic) bond motifs is 2. The topological polar surface area (TPSA) is 43.9 Å². The van der Waals surface area contributed by atoms with Crippen LogP contribution < -0.4 is 0 Å². The molecule has 0 spiro atoms. The van der Waals surface area contributed by atoms with Crippen molar-refractivity contribution in [2.24, 2.45) is 0 Å². The summed E-state index contributed by atoms with van der Waals surface area (Å²) in [5.74, 6) is 1.57. The number of aryl methyl sites for hydroxylation is 2. The Morgan fingerprint density at radius 1 is 0.745 bits per heavy atom. The molecule has 0 saturated heterocycles. The van der Waals surface area contributed by atoms with Crippen molar-refractivity contribution in [1.29, 1.82) is 0 Å². The Bertz CT molecular complexity index is 2470. The number of rotatable bonds is 6. The molecular formula is C46H41IrN3O-2. The van der Waals surface area contributed by atoms with E-state index in [1.165, 1.54) is 34.1 Å². The minimum Gasteiger partial charge on any atom is -0.557 e. The molecule has 0 aliphatic heterocycles. The Labute approximate surface area is 318 Å². The predicted molar refractivity (Wildman–Crippen MR) is 207 cm³/mol. The molecule has 0 fully saturated rings. The number of hydrogen-bond acceptors (Lipinski definition) is 3. The van der Waals surface area contributed by atoms with E-state index in [0.717, 1.165) is 50.2 Å². The smallest absolute Gasteiger partial charge is 0.0774 e. The van der Waals surface area contributed by atoms with Gasteiger partial charge in [-0.2, -0.15) is 0 Å². The van der Waals surface area contributed by atoms with Crippen molar-refractivity contribution >= 4 is 22.0 Å². The van der Waals surface area contributed by atoms with Crippen LogP contribution in [0, 0.1) is 26.1 Å². The van der Waals surface area contributed by atoms with Crippen molar-refractivity contribution in [3.8, 4) is 39.5 Å². The third-order valence-electron chi connectivity index (χ3n) is 8.93. The number of benzene rings is 5. The number of nitrogens with zero attached hydrogens (tertiary/aromatic N) is 3. The second-order valence-corrected chi connectivity index (χ2v) is 13.2. The summed E-state index contributed by atoms with van der Waals surface area (Å²) in [4.78, 5) is 9.30. The van der Waals surface area contributed by atoms with Gasteiger partial charge in [-0.15, -0.1) is 35.9 Å². The summed E-state index contributed by atoms with van der Waals surface area (Å²) in [5.41, 5.74) is 13.1. The molecule has 3 heterocycles. The van der Waals surface area contributed by atoms with E-state index in [2.05, 4.69) is 129 Å². The molecule has 3 aromatic heterocycles. The first-order valence-corrected chi connectivity index (χ1v) is 17.1. The van der Waals surface area contributed by atoms with Gasteiger partial charge in [0.1, 0.15) is 0 Å². The van der Waals surface area contributed by atoms with Crippen LogP contribution in [0.3, 0.4) is 0 Å². The van der Waals surface area contributed by atoms with Gasteiger partial charge in [0, 0.05) is 47.9 Å². The van der Waals surface area contributed by atoms with E-state index in [1.54, 1.807) is 18.2 Å². The molecule has 0 amide bonds. The van der Waals surface area contributed by atoms with Gasteiger partial charge in [0.2, 0.25) is 0 Å². The van der Waals surface area contributed by atoms with E-state index in [0.29, 0.717) is 11.8 Å². The summed E-state index contributed by atoms with van der Waals surface area (Å²) in [6.45, 7) is 9.18. The molecule has 0 aliphatic rings. The molecule has 51 heavy (non-hydrogen) atoms. The van der Waals surface area contributed by atoms with Crippen LogP contribution in [0.15, 0.2) is 132 Å². The van der Waals surface area contributed by atoms with Gasteiger partial charge in [-0.1, -0.05) is 129 Å². The van der Waals surface area contributed by atoms with Gasteiger partial charge in [-0.05, 0) is 71.3 Å². The van der Waals surface area contributed by atoms with Gasteiger partial charge in [0.15, 0.2) is 0 Å². The summed E-state index contributed by atoms with van der Waals surface area (Å²) >= 11 is 0. The number of imidazole rings is 1. The zero-order chi connectivity index (χ0) is 37.3. The fourth-order valence-corrected chi connectivity index (χ4v) is 6.45. The normalized spacial score (nSPS) is 12.3. The first kappa shape index (κ1) is 31.9. The summed E-state index contributed by atoms with van der Waals surface area (Å²) in [6, 6.07) is 43.6. The standard InChI is InChI=1S/C34H31N2O.C12H10N.Ir/c1-21(2)26-17-23(5)18-27(22(3)4)33(26)36-31-14-10-9-13-30(31)35-34(36)29-20-37-32-16-15-25(19-28(29)32)24-11-7-6-8-12-24;1-10-7-8-12(13-9-10)11-5-3-2-4-6-11;/h6-19,21-22H,1-5H3;2-5,7-9H,1H3;/q2*-1;/i;1D3;.